The largest absolute Gasteiger partial charge is 0.383 e. The second kappa shape index (κ2) is 5.13. The monoisotopic (exact) mass is 294 g/mol. The molecule has 0 radical (unpaired) electrons. The molecule has 2 aliphatic rings. The van der Waals surface area contributed by atoms with Crippen LogP contribution >= 0.6 is 11.3 Å². The van der Waals surface area contributed by atoms with Crippen molar-refractivity contribution in [3.8, 4) is 0 Å². The number of rotatable bonds is 5. The highest BCUT2D eigenvalue weighted by molar-refractivity contribution is 7.07. The molecular formula is C15H22N2O2S. The summed E-state index contributed by atoms with van der Waals surface area (Å²) in [5.41, 5.74) is 0.905. The number of nitrogens with one attached hydrogen (secondary N) is 1. The number of carbonyl (C=O) groups excluding carboxylic acids is 1. The first-order valence-corrected chi connectivity index (χ1v) is 8.15. The zero-order valence-electron chi connectivity index (χ0n) is 12.3. The van der Waals surface area contributed by atoms with Crippen molar-refractivity contribution in [2.24, 2.45) is 5.92 Å². The number of nitrogens with zero attached hydrogens (tertiary/aromatic N) is 1. The lowest BCUT2D eigenvalue weighted by molar-refractivity contribution is -0.135. The summed E-state index contributed by atoms with van der Waals surface area (Å²) >= 11 is 1.67. The molecule has 1 spiro atoms. The van der Waals surface area contributed by atoms with E-state index >= 15 is 0 Å². The van der Waals surface area contributed by atoms with E-state index in [0.29, 0.717) is 12.5 Å². The van der Waals surface area contributed by atoms with E-state index < -0.39 is 0 Å². The molecule has 0 aromatic carbocycles. The molecule has 3 rings (SSSR count). The van der Waals surface area contributed by atoms with Crippen LogP contribution in [0.5, 0.6) is 0 Å². The first-order chi connectivity index (χ1) is 9.59. The van der Waals surface area contributed by atoms with Crippen LogP contribution in [0.1, 0.15) is 38.4 Å². The van der Waals surface area contributed by atoms with Crippen molar-refractivity contribution in [1.82, 2.24) is 10.2 Å². The van der Waals surface area contributed by atoms with Crippen LogP contribution in [0, 0.1) is 5.92 Å². The quantitative estimate of drug-likeness (QED) is 0.906. The van der Waals surface area contributed by atoms with Gasteiger partial charge in [-0.15, -0.1) is 0 Å². The fourth-order valence-corrected chi connectivity index (χ4v) is 3.70. The summed E-state index contributed by atoms with van der Waals surface area (Å²) in [4.78, 5) is 14.9. The van der Waals surface area contributed by atoms with Crippen molar-refractivity contribution >= 4 is 17.2 Å². The van der Waals surface area contributed by atoms with Crippen LogP contribution in [0.4, 0.5) is 0 Å². The average Bonchev–Trinajstić information content (AvgIpc) is 2.89. The standard InChI is InChI=1S/C15H22N2O2S/c1-10(2)12(8-19-3)17-13(11-4-7-20-9-11)16-15(5-6-15)14(17)18/h4,7,9-10,12-13,16H,5-6,8H2,1-3H3. The molecule has 1 aliphatic heterocycles. The second-order valence-electron chi connectivity index (χ2n) is 6.16. The van der Waals surface area contributed by atoms with E-state index in [1.165, 1.54) is 5.56 Å². The Kier molecular flexibility index (Phi) is 3.60. The van der Waals surface area contributed by atoms with E-state index in [1.54, 1.807) is 18.4 Å². The maximum atomic E-state index is 12.8. The van der Waals surface area contributed by atoms with Crippen LogP contribution < -0.4 is 5.32 Å². The first kappa shape index (κ1) is 14.0. The molecule has 5 heteroatoms. The fraction of sp³-hybridized carbons (Fsp3) is 0.667. The van der Waals surface area contributed by atoms with Gasteiger partial charge in [-0.3, -0.25) is 10.1 Å². The molecule has 2 unspecified atom stereocenters. The molecular weight excluding hydrogens is 272 g/mol. The van der Waals surface area contributed by atoms with E-state index in [2.05, 4.69) is 36.0 Å². The van der Waals surface area contributed by atoms with Gasteiger partial charge in [0, 0.05) is 7.11 Å². The summed E-state index contributed by atoms with van der Waals surface area (Å²) < 4.78 is 5.36. The van der Waals surface area contributed by atoms with Gasteiger partial charge in [0.1, 0.15) is 11.7 Å². The van der Waals surface area contributed by atoms with Gasteiger partial charge in [-0.1, -0.05) is 13.8 Å². The topological polar surface area (TPSA) is 41.6 Å². The zero-order chi connectivity index (χ0) is 14.3. The van der Waals surface area contributed by atoms with Gasteiger partial charge >= 0.3 is 0 Å². The minimum atomic E-state index is -0.284. The lowest BCUT2D eigenvalue weighted by Crippen LogP contribution is -2.45. The number of hydrogen-bond donors (Lipinski definition) is 1. The Bertz CT molecular complexity index is 482. The Balaban J connectivity index is 1.93. The molecule has 1 N–H and O–H groups in total. The summed E-state index contributed by atoms with van der Waals surface area (Å²) in [6, 6.07) is 2.22. The minimum absolute atomic E-state index is 0.00111. The van der Waals surface area contributed by atoms with Crippen LogP contribution in [-0.4, -0.2) is 36.1 Å². The van der Waals surface area contributed by atoms with Crippen LogP contribution in [-0.2, 0) is 9.53 Å². The van der Waals surface area contributed by atoms with Crippen LogP contribution in [0.25, 0.3) is 0 Å². The number of thiophene rings is 1. The van der Waals surface area contributed by atoms with Crippen molar-refractivity contribution in [2.75, 3.05) is 13.7 Å². The molecule has 1 aromatic heterocycles. The van der Waals surface area contributed by atoms with Crippen molar-refractivity contribution in [2.45, 2.75) is 44.4 Å². The number of carbonyl (C=O) groups is 1. The number of methoxy groups -OCH3 is 1. The highest BCUT2D eigenvalue weighted by atomic mass is 32.1. The van der Waals surface area contributed by atoms with E-state index in [1.807, 2.05) is 4.90 Å². The van der Waals surface area contributed by atoms with E-state index in [9.17, 15) is 4.79 Å². The maximum absolute atomic E-state index is 12.8. The normalized spacial score (nSPS) is 25.7. The van der Waals surface area contributed by atoms with Gasteiger partial charge in [0.25, 0.3) is 0 Å². The average molecular weight is 294 g/mol. The molecule has 4 nitrogen and oxygen atoms in total. The SMILES string of the molecule is COCC(C(C)C)N1C(=O)C2(CC2)NC1c1ccsc1. The molecule has 2 atom stereocenters. The number of hydrogen-bond acceptors (Lipinski definition) is 4. The van der Waals surface area contributed by atoms with Crippen molar-refractivity contribution in [3.63, 3.8) is 0 Å². The predicted molar refractivity (Wildman–Crippen MR) is 79.5 cm³/mol. The third-order valence-electron chi connectivity index (χ3n) is 4.41. The number of amides is 1. The van der Waals surface area contributed by atoms with Crippen molar-refractivity contribution in [3.05, 3.63) is 22.4 Å². The second-order valence-corrected chi connectivity index (χ2v) is 6.94. The molecule has 0 bridgehead atoms. The first-order valence-electron chi connectivity index (χ1n) is 7.20. The van der Waals surface area contributed by atoms with Crippen LogP contribution in [0.2, 0.25) is 0 Å². The van der Waals surface area contributed by atoms with Gasteiger partial charge in [-0.05, 0) is 41.1 Å². The Labute approximate surface area is 124 Å². The molecule has 1 aliphatic carbocycles. The molecule has 1 aromatic rings. The summed E-state index contributed by atoms with van der Waals surface area (Å²) in [6.45, 7) is 4.89. The molecule has 2 fully saturated rings. The molecule has 2 heterocycles. The zero-order valence-corrected chi connectivity index (χ0v) is 13.1. The molecule has 1 saturated heterocycles. The predicted octanol–water partition coefficient (Wildman–Crippen LogP) is 2.38. The molecule has 20 heavy (non-hydrogen) atoms. The molecule has 1 saturated carbocycles. The summed E-state index contributed by atoms with van der Waals surface area (Å²) in [7, 11) is 1.70. The van der Waals surface area contributed by atoms with Gasteiger partial charge in [0.15, 0.2) is 0 Å². The van der Waals surface area contributed by atoms with Gasteiger partial charge < -0.3 is 9.64 Å². The third kappa shape index (κ3) is 2.18. The Morgan fingerprint density at radius 3 is 2.80 bits per heavy atom. The van der Waals surface area contributed by atoms with Crippen molar-refractivity contribution < 1.29 is 9.53 Å². The van der Waals surface area contributed by atoms with Gasteiger partial charge in [-0.2, -0.15) is 11.3 Å². The van der Waals surface area contributed by atoms with Gasteiger partial charge in [-0.25, -0.2) is 0 Å². The lowest BCUT2D eigenvalue weighted by Gasteiger charge is -2.34. The molecule has 110 valence electrons. The summed E-state index contributed by atoms with van der Waals surface area (Å²) in [5.74, 6) is 0.625. The Hall–Kier alpha value is -0.910. The van der Waals surface area contributed by atoms with Gasteiger partial charge in [0.2, 0.25) is 5.91 Å². The highest BCUT2D eigenvalue weighted by Gasteiger charge is 2.60. The maximum Gasteiger partial charge on any atom is 0.244 e. The van der Waals surface area contributed by atoms with Crippen LogP contribution in [0.15, 0.2) is 16.8 Å². The van der Waals surface area contributed by atoms with E-state index in [0.717, 1.165) is 12.8 Å². The van der Waals surface area contributed by atoms with E-state index in [-0.39, 0.29) is 23.7 Å². The lowest BCUT2D eigenvalue weighted by atomic mass is 10.0. The van der Waals surface area contributed by atoms with Crippen LogP contribution in [0.3, 0.4) is 0 Å². The van der Waals surface area contributed by atoms with Crippen molar-refractivity contribution in [1.29, 1.82) is 0 Å². The smallest absolute Gasteiger partial charge is 0.244 e. The number of ether oxygens (including phenoxy) is 1. The van der Waals surface area contributed by atoms with E-state index in [4.69, 9.17) is 4.74 Å². The highest BCUT2D eigenvalue weighted by Crippen LogP contribution is 2.47. The fourth-order valence-electron chi connectivity index (χ4n) is 3.02. The summed E-state index contributed by atoms with van der Waals surface area (Å²) in [6.07, 6.45) is 1.92. The Morgan fingerprint density at radius 1 is 1.55 bits per heavy atom. The van der Waals surface area contributed by atoms with Gasteiger partial charge in [0.05, 0.1) is 12.6 Å². The molecule has 1 amide bonds. The minimum Gasteiger partial charge on any atom is -0.383 e. The third-order valence-corrected chi connectivity index (χ3v) is 5.11. The summed E-state index contributed by atoms with van der Waals surface area (Å²) in [5, 5.41) is 7.76. The Morgan fingerprint density at radius 2 is 2.30 bits per heavy atom.